The van der Waals surface area contributed by atoms with Crippen LogP contribution in [0.4, 0.5) is 5.69 Å². The monoisotopic (exact) mass is 417 g/mol. The first-order chi connectivity index (χ1) is 12.9. The first-order valence-electron chi connectivity index (χ1n) is 8.40. The summed E-state index contributed by atoms with van der Waals surface area (Å²) in [6.45, 7) is 2.00. The lowest BCUT2D eigenvalue weighted by atomic mass is 10.1. The molecule has 7 heteroatoms. The number of anilines is 1. The molecule has 1 atom stereocenters. The average molecular weight is 418 g/mol. The highest BCUT2D eigenvalue weighted by Crippen LogP contribution is 2.35. The number of nitrogens with zero attached hydrogens (tertiary/aromatic N) is 1. The van der Waals surface area contributed by atoms with Crippen LogP contribution in [0.1, 0.15) is 22.2 Å². The number of benzene rings is 2. The smallest absolute Gasteiger partial charge is 0.268 e. The SMILES string of the molecule is C[C@@H]1Cc2ccccc2N1C(=O)c1ccc(S(=O)(=O)c2ccc(Cl)cc2)s1. The van der Waals surface area contributed by atoms with Gasteiger partial charge in [0.25, 0.3) is 5.91 Å². The second-order valence-electron chi connectivity index (χ2n) is 6.43. The standard InChI is InChI=1S/C20H16ClNO3S2/c1-13-12-14-4-2-3-5-17(14)22(13)20(23)18-10-11-19(26-18)27(24,25)16-8-6-15(21)7-9-16/h2-11,13H,12H2,1H3/t13-/m1/s1. The number of thiophene rings is 1. The summed E-state index contributed by atoms with van der Waals surface area (Å²) in [5.41, 5.74) is 2.02. The van der Waals surface area contributed by atoms with Crippen LogP contribution in [0.5, 0.6) is 0 Å². The number of fused-ring (bicyclic) bond motifs is 1. The van der Waals surface area contributed by atoms with E-state index in [0.29, 0.717) is 9.90 Å². The Morgan fingerprint density at radius 3 is 2.52 bits per heavy atom. The molecule has 3 aromatic rings. The Balaban J connectivity index is 1.67. The van der Waals surface area contributed by atoms with Crippen molar-refractivity contribution in [2.24, 2.45) is 0 Å². The molecule has 2 aromatic carbocycles. The van der Waals surface area contributed by atoms with E-state index in [0.717, 1.165) is 29.0 Å². The van der Waals surface area contributed by atoms with E-state index >= 15 is 0 Å². The predicted octanol–water partition coefficient (Wildman–Crippen LogP) is 4.83. The van der Waals surface area contributed by atoms with Crippen molar-refractivity contribution in [3.05, 3.63) is 76.1 Å². The van der Waals surface area contributed by atoms with Crippen molar-refractivity contribution in [2.75, 3.05) is 4.90 Å². The lowest BCUT2D eigenvalue weighted by Crippen LogP contribution is -2.35. The Kier molecular flexibility index (Phi) is 4.58. The lowest BCUT2D eigenvalue weighted by molar-refractivity contribution is 0.0985. The van der Waals surface area contributed by atoms with Crippen LogP contribution in [0.15, 0.2) is 69.8 Å². The highest BCUT2D eigenvalue weighted by atomic mass is 35.5. The number of hydrogen-bond acceptors (Lipinski definition) is 4. The molecule has 138 valence electrons. The van der Waals surface area contributed by atoms with Gasteiger partial charge >= 0.3 is 0 Å². The van der Waals surface area contributed by atoms with Gasteiger partial charge in [0.2, 0.25) is 9.84 Å². The molecule has 2 heterocycles. The molecule has 1 amide bonds. The summed E-state index contributed by atoms with van der Waals surface area (Å²) in [7, 11) is -3.68. The van der Waals surface area contributed by atoms with Crippen molar-refractivity contribution in [3.8, 4) is 0 Å². The Labute approximate surface area is 166 Å². The molecule has 1 aromatic heterocycles. The zero-order valence-corrected chi connectivity index (χ0v) is 16.8. The number of carbonyl (C=O) groups is 1. The zero-order valence-electron chi connectivity index (χ0n) is 14.4. The summed E-state index contributed by atoms with van der Waals surface area (Å²) in [4.78, 5) is 15.4. The number of sulfone groups is 1. The minimum absolute atomic E-state index is 0.0355. The molecule has 0 fully saturated rings. The maximum Gasteiger partial charge on any atom is 0.268 e. The highest BCUT2D eigenvalue weighted by molar-refractivity contribution is 7.93. The van der Waals surface area contributed by atoms with Crippen molar-refractivity contribution in [2.45, 2.75) is 28.5 Å². The van der Waals surface area contributed by atoms with Gasteiger partial charge in [0.15, 0.2) is 0 Å². The topological polar surface area (TPSA) is 54.5 Å². The van der Waals surface area contributed by atoms with Gasteiger partial charge in [0.1, 0.15) is 4.21 Å². The van der Waals surface area contributed by atoms with E-state index in [4.69, 9.17) is 11.6 Å². The molecule has 0 bridgehead atoms. The van der Waals surface area contributed by atoms with Gasteiger partial charge in [-0.3, -0.25) is 4.79 Å². The summed E-state index contributed by atoms with van der Waals surface area (Å²) >= 11 is 6.84. The summed E-state index contributed by atoms with van der Waals surface area (Å²) in [6.07, 6.45) is 0.795. The second kappa shape index (κ2) is 6.78. The summed E-state index contributed by atoms with van der Waals surface area (Å²) < 4.78 is 25.8. The van der Waals surface area contributed by atoms with Gasteiger partial charge in [-0.15, -0.1) is 11.3 Å². The number of halogens is 1. The van der Waals surface area contributed by atoms with Gasteiger partial charge in [-0.1, -0.05) is 29.8 Å². The molecule has 0 N–H and O–H groups in total. The van der Waals surface area contributed by atoms with Crippen molar-refractivity contribution < 1.29 is 13.2 Å². The van der Waals surface area contributed by atoms with Gasteiger partial charge in [-0.05, 0) is 61.4 Å². The van der Waals surface area contributed by atoms with E-state index in [1.807, 2.05) is 31.2 Å². The van der Waals surface area contributed by atoms with Crippen molar-refractivity contribution >= 4 is 44.4 Å². The van der Waals surface area contributed by atoms with E-state index < -0.39 is 9.84 Å². The van der Waals surface area contributed by atoms with Crippen LogP contribution >= 0.6 is 22.9 Å². The van der Waals surface area contributed by atoms with Gasteiger partial charge in [0.05, 0.1) is 9.77 Å². The summed E-state index contributed by atoms with van der Waals surface area (Å²) in [5, 5.41) is 0.470. The summed E-state index contributed by atoms with van der Waals surface area (Å²) in [5.74, 6) is -0.171. The van der Waals surface area contributed by atoms with Crippen LogP contribution < -0.4 is 4.90 Å². The van der Waals surface area contributed by atoms with Crippen molar-refractivity contribution in [3.63, 3.8) is 0 Å². The van der Waals surface area contributed by atoms with Crippen LogP contribution in [0, 0.1) is 0 Å². The number of rotatable bonds is 3. The fourth-order valence-electron chi connectivity index (χ4n) is 3.30. The molecular weight excluding hydrogens is 402 g/mol. The van der Waals surface area contributed by atoms with Gasteiger partial charge in [-0.25, -0.2) is 8.42 Å². The molecule has 27 heavy (non-hydrogen) atoms. The Hall–Kier alpha value is -2.15. The van der Waals surface area contributed by atoms with Crippen LogP contribution in [-0.2, 0) is 16.3 Å². The number of amides is 1. The van der Waals surface area contributed by atoms with E-state index in [-0.39, 0.29) is 21.1 Å². The van der Waals surface area contributed by atoms with E-state index in [9.17, 15) is 13.2 Å². The number of hydrogen-bond donors (Lipinski definition) is 0. The molecule has 0 saturated heterocycles. The minimum atomic E-state index is -3.68. The van der Waals surface area contributed by atoms with Crippen molar-refractivity contribution in [1.29, 1.82) is 0 Å². The van der Waals surface area contributed by atoms with E-state index in [1.165, 1.54) is 30.3 Å². The van der Waals surface area contributed by atoms with E-state index in [2.05, 4.69) is 0 Å². The predicted molar refractivity (Wildman–Crippen MR) is 108 cm³/mol. The van der Waals surface area contributed by atoms with E-state index in [1.54, 1.807) is 11.0 Å². The lowest BCUT2D eigenvalue weighted by Gasteiger charge is -2.21. The Morgan fingerprint density at radius 2 is 1.78 bits per heavy atom. The first kappa shape index (κ1) is 18.2. The van der Waals surface area contributed by atoms with Crippen LogP contribution in [0.3, 0.4) is 0 Å². The fourth-order valence-corrected chi connectivity index (χ4v) is 6.07. The Morgan fingerprint density at radius 1 is 1.07 bits per heavy atom. The quantitative estimate of drug-likeness (QED) is 0.613. The van der Waals surface area contributed by atoms with Crippen molar-refractivity contribution in [1.82, 2.24) is 0 Å². The molecule has 4 rings (SSSR count). The van der Waals surface area contributed by atoms with Gasteiger partial charge < -0.3 is 4.90 Å². The molecule has 0 aliphatic carbocycles. The van der Waals surface area contributed by atoms with Crippen LogP contribution in [-0.4, -0.2) is 20.4 Å². The number of carbonyl (C=O) groups excluding carboxylic acids is 1. The number of para-hydroxylation sites is 1. The molecule has 0 radical (unpaired) electrons. The highest BCUT2D eigenvalue weighted by Gasteiger charge is 2.32. The molecule has 1 aliphatic heterocycles. The molecule has 0 unspecified atom stereocenters. The van der Waals surface area contributed by atoms with Gasteiger partial charge in [0, 0.05) is 16.8 Å². The molecule has 0 spiro atoms. The normalized spacial score (nSPS) is 16.4. The zero-order chi connectivity index (χ0) is 19.2. The fraction of sp³-hybridized carbons (Fsp3) is 0.150. The van der Waals surface area contributed by atoms with Crippen LogP contribution in [0.2, 0.25) is 5.02 Å². The largest absolute Gasteiger partial charge is 0.304 e. The minimum Gasteiger partial charge on any atom is -0.304 e. The molecular formula is C20H16ClNO3S2. The second-order valence-corrected chi connectivity index (χ2v) is 10.1. The third-order valence-corrected chi connectivity index (χ3v) is 8.19. The molecule has 0 saturated carbocycles. The molecule has 1 aliphatic rings. The summed E-state index contributed by atoms with van der Waals surface area (Å²) in [6, 6.07) is 16.9. The van der Waals surface area contributed by atoms with Gasteiger partial charge in [-0.2, -0.15) is 0 Å². The maximum absolute atomic E-state index is 13.1. The van der Waals surface area contributed by atoms with Crippen LogP contribution in [0.25, 0.3) is 0 Å². The third-order valence-electron chi connectivity index (χ3n) is 4.61. The molecule has 4 nitrogen and oxygen atoms in total. The first-order valence-corrected chi connectivity index (χ1v) is 11.1. The Bertz CT molecular complexity index is 1120. The third kappa shape index (κ3) is 3.18. The average Bonchev–Trinajstić information content (AvgIpc) is 3.26. The maximum atomic E-state index is 13.1.